The van der Waals surface area contributed by atoms with Gasteiger partial charge in [0.25, 0.3) is 0 Å². The molecule has 3 aromatic rings. The summed E-state index contributed by atoms with van der Waals surface area (Å²) in [4.78, 5) is 18.4. The van der Waals surface area contributed by atoms with Crippen molar-refractivity contribution in [3.8, 4) is 0 Å². The lowest BCUT2D eigenvalue weighted by molar-refractivity contribution is 0.262. The Hall–Kier alpha value is -3.03. The Balaban J connectivity index is 1.79. The fourth-order valence-corrected chi connectivity index (χ4v) is 1.99. The number of anilines is 2. The van der Waals surface area contributed by atoms with Crippen LogP contribution in [0.25, 0.3) is 11.0 Å². The lowest BCUT2D eigenvalue weighted by atomic mass is 10.3. The molecule has 0 unspecified atom stereocenters. The number of amides is 2. The lowest BCUT2D eigenvalue weighted by Crippen LogP contribution is -2.19. The molecule has 0 bridgehead atoms. The first-order chi connectivity index (χ1) is 10.5. The molecule has 2 amide bonds. The molecule has 112 valence electrons. The molecule has 8 heteroatoms. The Morgan fingerprint density at radius 1 is 1.00 bits per heavy atom. The van der Waals surface area contributed by atoms with Gasteiger partial charge in [-0.3, -0.25) is 0 Å². The molecular weight excluding hydrogens is 297 g/mol. The Morgan fingerprint density at radius 2 is 1.73 bits per heavy atom. The van der Waals surface area contributed by atoms with E-state index in [2.05, 4.69) is 20.6 Å². The predicted molar refractivity (Wildman–Crippen MR) is 75.1 cm³/mol. The predicted octanol–water partition coefficient (Wildman–Crippen LogP) is 3.62. The minimum absolute atomic E-state index is 0.0425. The van der Waals surface area contributed by atoms with Crippen molar-refractivity contribution in [3.05, 3.63) is 54.1 Å². The van der Waals surface area contributed by atoms with Crippen LogP contribution in [0, 0.1) is 17.5 Å². The van der Waals surface area contributed by atoms with Crippen molar-refractivity contribution in [2.75, 3.05) is 10.6 Å². The van der Waals surface area contributed by atoms with Crippen LogP contribution in [-0.4, -0.2) is 16.0 Å². The second-order valence-corrected chi connectivity index (χ2v) is 4.49. The Morgan fingerprint density at radius 3 is 2.45 bits per heavy atom. The zero-order valence-electron chi connectivity index (χ0n) is 11.0. The van der Waals surface area contributed by atoms with Crippen LogP contribution in [0.2, 0.25) is 0 Å². The van der Waals surface area contributed by atoms with Crippen molar-refractivity contribution in [1.29, 1.82) is 0 Å². The first-order valence-electron chi connectivity index (χ1n) is 6.18. The fraction of sp³-hybridized carbons (Fsp3) is 0. The Kier molecular flexibility index (Phi) is 3.42. The zero-order chi connectivity index (χ0) is 15.7. The van der Waals surface area contributed by atoms with Crippen molar-refractivity contribution in [2.45, 2.75) is 0 Å². The number of carbonyl (C=O) groups is 1. The van der Waals surface area contributed by atoms with Gasteiger partial charge in [-0.2, -0.15) is 0 Å². The van der Waals surface area contributed by atoms with Crippen molar-refractivity contribution < 1.29 is 18.0 Å². The summed E-state index contributed by atoms with van der Waals surface area (Å²) < 4.78 is 39.3. The number of rotatable bonds is 2. The van der Waals surface area contributed by atoms with Crippen LogP contribution >= 0.6 is 0 Å². The SMILES string of the molecule is O=C(Nc1cc(F)cc(F)c1)Nc1c[nH]c2ncc(F)cc12. The molecule has 0 saturated heterocycles. The number of hydrogen-bond acceptors (Lipinski definition) is 2. The molecule has 0 radical (unpaired) electrons. The van der Waals surface area contributed by atoms with Gasteiger partial charge < -0.3 is 15.6 Å². The highest BCUT2D eigenvalue weighted by Crippen LogP contribution is 2.22. The molecule has 2 aromatic heterocycles. The Bertz CT molecular complexity index is 842. The number of aromatic amines is 1. The number of H-pyrrole nitrogens is 1. The highest BCUT2D eigenvalue weighted by molar-refractivity contribution is 6.05. The van der Waals surface area contributed by atoms with E-state index < -0.39 is 23.5 Å². The normalized spacial score (nSPS) is 10.7. The summed E-state index contributed by atoms with van der Waals surface area (Å²) in [6.07, 6.45) is 2.47. The van der Waals surface area contributed by atoms with Gasteiger partial charge in [-0.1, -0.05) is 0 Å². The average Bonchev–Trinajstić information content (AvgIpc) is 2.80. The maximum atomic E-state index is 13.2. The third-order valence-corrected chi connectivity index (χ3v) is 2.87. The fourth-order valence-electron chi connectivity index (χ4n) is 1.99. The number of fused-ring (bicyclic) bond motifs is 1. The second-order valence-electron chi connectivity index (χ2n) is 4.49. The van der Waals surface area contributed by atoms with E-state index in [0.29, 0.717) is 17.1 Å². The summed E-state index contributed by atoms with van der Waals surface area (Å²) >= 11 is 0. The molecule has 5 nitrogen and oxygen atoms in total. The van der Waals surface area contributed by atoms with Crippen LogP contribution in [0.5, 0.6) is 0 Å². The summed E-state index contributed by atoms with van der Waals surface area (Å²) in [5, 5.41) is 5.11. The van der Waals surface area contributed by atoms with Gasteiger partial charge in [0.15, 0.2) is 0 Å². The summed E-state index contributed by atoms with van der Waals surface area (Å²) in [5.74, 6) is -2.18. The smallest absolute Gasteiger partial charge is 0.323 e. The summed E-state index contributed by atoms with van der Waals surface area (Å²) in [7, 11) is 0. The summed E-state index contributed by atoms with van der Waals surface area (Å²) in [6.45, 7) is 0. The minimum Gasteiger partial charge on any atom is -0.344 e. The molecule has 0 aliphatic heterocycles. The van der Waals surface area contributed by atoms with Crippen molar-refractivity contribution in [1.82, 2.24) is 9.97 Å². The number of aromatic nitrogens is 2. The Labute approximate surface area is 122 Å². The van der Waals surface area contributed by atoms with E-state index in [0.717, 1.165) is 18.3 Å². The average molecular weight is 306 g/mol. The lowest BCUT2D eigenvalue weighted by Gasteiger charge is -2.07. The number of hydrogen-bond donors (Lipinski definition) is 3. The van der Waals surface area contributed by atoms with E-state index in [1.807, 2.05) is 0 Å². The monoisotopic (exact) mass is 306 g/mol. The molecule has 1 aromatic carbocycles. The van der Waals surface area contributed by atoms with Gasteiger partial charge in [-0.15, -0.1) is 0 Å². The molecule has 0 aliphatic rings. The third-order valence-electron chi connectivity index (χ3n) is 2.87. The van der Waals surface area contributed by atoms with Gasteiger partial charge in [0.2, 0.25) is 0 Å². The number of carbonyl (C=O) groups excluding carboxylic acids is 1. The van der Waals surface area contributed by atoms with Crippen LogP contribution in [0.1, 0.15) is 0 Å². The standard InChI is InChI=1S/C14H9F3N4O/c15-7-1-8(16)3-10(2-7)20-14(22)21-12-6-19-13-11(12)4-9(17)5-18-13/h1-6H,(H,18,19)(H2,20,21,22). The van der Waals surface area contributed by atoms with Crippen LogP contribution in [-0.2, 0) is 0 Å². The number of nitrogens with one attached hydrogen (secondary N) is 3. The van der Waals surface area contributed by atoms with Gasteiger partial charge in [0, 0.05) is 23.3 Å². The van der Waals surface area contributed by atoms with Gasteiger partial charge >= 0.3 is 6.03 Å². The van der Waals surface area contributed by atoms with Gasteiger partial charge in [-0.05, 0) is 18.2 Å². The highest BCUT2D eigenvalue weighted by Gasteiger charge is 2.10. The second kappa shape index (κ2) is 5.40. The quantitative estimate of drug-likeness (QED) is 0.676. The molecule has 0 spiro atoms. The molecular formula is C14H9F3N4O. The maximum absolute atomic E-state index is 13.2. The first-order valence-corrected chi connectivity index (χ1v) is 6.18. The largest absolute Gasteiger partial charge is 0.344 e. The van der Waals surface area contributed by atoms with E-state index in [1.54, 1.807) is 0 Å². The molecule has 0 saturated carbocycles. The van der Waals surface area contributed by atoms with Crippen molar-refractivity contribution in [2.24, 2.45) is 0 Å². The van der Waals surface area contributed by atoms with Gasteiger partial charge in [0.05, 0.1) is 11.9 Å². The van der Waals surface area contributed by atoms with Gasteiger partial charge in [0.1, 0.15) is 23.1 Å². The zero-order valence-corrected chi connectivity index (χ0v) is 11.0. The third kappa shape index (κ3) is 2.85. The van der Waals surface area contributed by atoms with Crippen LogP contribution in [0.4, 0.5) is 29.3 Å². The van der Waals surface area contributed by atoms with E-state index in [1.165, 1.54) is 12.3 Å². The number of benzene rings is 1. The molecule has 0 atom stereocenters. The molecule has 0 aliphatic carbocycles. The van der Waals surface area contributed by atoms with E-state index >= 15 is 0 Å². The van der Waals surface area contributed by atoms with E-state index in [9.17, 15) is 18.0 Å². The summed E-state index contributed by atoms with van der Waals surface area (Å²) in [6, 6.07) is 3.11. The van der Waals surface area contributed by atoms with E-state index in [4.69, 9.17) is 0 Å². The number of nitrogens with zero attached hydrogens (tertiary/aromatic N) is 1. The number of pyridine rings is 1. The molecule has 3 N–H and O–H groups in total. The van der Waals surface area contributed by atoms with Crippen LogP contribution in [0.3, 0.4) is 0 Å². The van der Waals surface area contributed by atoms with Crippen molar-refractivity contribution in [3.63, 3.8) is 0 Å². The number of urea groups is 1. The van der Waals surface area contributed by atoms with Crippen LogP contribution in [0.15, 0.2) is 36.7 Å². The molecule has 3 rings (SSSR count). The molecule has 2 heterocycles. The summed E-state index contributed by atoms with van der Waals surface area (Å²) in [5.41, 5.74) is 0.643. The molecule has 0 fully saturated rings. The highest BCUT2D eigenvalue weighted by atomic mass is 19.1. The first kappa shape index (κ1) is 13.9. The van der Waals surface area contributed by atoms with Crippen molar-refractivity contribution >= 4 is 28.4 Å². The van der Waals surface area contributed by atoms with E-state index in [-0.39, 0.29) is 11.4 Å². The topological polar surface area (TPSA) is 69.8 Å². The number of halogens is 3. The maximum Gasteiger partial charge on any atom is 0.323 e. The van der Waals surface area contributed by atoms with Crippen LogP contribution < -0.4 is 10.6 Å². The molecule has 22 heavy (non-hydrogen) atoms. The van der Waals surface area contributed by atoms with Gasteiger partial charge in [-0.25, -0.2) is 22.9 Å². The minimum atomic E-state index is -0.811.